The van der Waals surface area contributed by atoms with Gasteiger partial charge in [0.05, 0.1) is 44.1 Å². The van der Waals surface area contributed by atoms with E-state index >= 15 is 0 Å². The summed E-state index contributed by atoms with van der Waals surface area (Å²) in [6, 6.07) is 86.5. The molecule has 322 valence electrons. The lowest BCUT2D eigenvalue weighted by Crippen LogP contribution is -1.98. The van der Waals surface area contributed by atoms with Crippen molar-refractivity contribution in [2.45, 2.75) is 5.92 Å². The van der Waals surface area contributed by atoms with Gasteiger partial charge in [-0.15, -0.1) is 0 Å². The summed E-state index contributed by atoms with van der Waals surface area (Å²) in [7, 11) is 0. The molecule has 3 nitrogen and oxygen atoms in total. The van der Waals surface area contributed by atoms with E-state index in [2.05, 4.69) is 244 Å². The molecule has 0 amide bonds. The van der Waals surface area contributed by atoms with Crippen molar-refractivity contribution in [1.82, 2.24) is 13.4 Å². The van der Waals surface area contributed by atoms with Gasteiger partial charge in [-0.1, -0.05) is 188 Å². The first kappa shape index (κ1) is 36.9. The van der Waals surface area contributed by atoms with Gasteiger partial charge < -0.3 is 13.4 Å². The molecule has 0 saturated heterocycles. The summed E-state index contributed by atoms with van der Waals surface area (Å²) < 4.78 is 7.76. The van der Waals surface area contributed by atoms with E-state index in [1.807, 2.05) is 0 Å². The van der Waals surface area contributed by atoms with Crippen LogP contribution in [-0.4, -0.2) is 13.4 Å². The first-order valence-corrected chi connectivity index (χ1v) is 24.5. The minimum atomic E-state index is 0.169. The van der Waals surface area contributed by atoms with Crippen LogP contribution in [0.2, 0.25) is 0 Å². The molecule has 70 heavy (non-hydrogen) atoms. The molecule has 1 atom stereocenters. The molecule has 1 aliphatic rings. The topological polar surface area (TPSA) is 13.8 Å². The maximum atomic E-state index is 2.66. The van der Waals surface area contributed by atoms with Gasteiger partial charge in [-0.25, -0.2) is 0 Å². The summed E-state index contributed by atoms with van der Waals surface area (Å²) >= 11 is 0. The zero-order valence-electron chi connectivity index (χ0n) is 37.9. The molecule has 0 fully saturated rings. The van der Waals surface area contributed by atoms with E-state index in [1.54, 1.807) is 0 Å². The Morgan fingerprint density at radius 2 is 0.771 bits per heavy atom. The lowest BCUT2D eigenvalue weighted by Gasteiger charge is -2.16. The van der Waals surface area contributed by atoms with Crippen LogP contribution in [-0.2, 0) is 0 Å². The Morgan fingerprint density at radius 3 is 1.43 bits per heavy atom. The van der Waals surface area contributed by atoms with E-state index in [0.717, 1.165) is 0 Å². The third-order valence-electron chi connectivity index (χ3n) is 16.1. The highest BCUT2D eigenvalue weighted by atomic mass is 15.0. The highest BCUT2D eigenvalue weighted by molar-refractivity contribution is 6.38. The van der Waals surface area contributed by atoms with E-state index in [-0.39, 0.29) is 5.92 Å². The number of hydrogen-bond donors (Lipinski definition) is 0. The first-order valence-electron chi connectivity index (χ1n) is 24.5. The molecule has 5 aromatic heterocycles. The molecule has 0 radical (unpaired) electrons. The molecule has 0 saturated carbocycles. The summed E-state index contributed by atoms with van der Waals surface area (Å²) in [5, 5.41) is 12.8. The number of nitrogens with zero attached hydrogens (tertiary/aromatic N) is 3. The molecule has 3 heteroatoms. The Morgan fingerprint density at radius 1 is 0.286 bits per heavy atom. The molecule has 11 aromatic carbocycles. The van der Waals surface area contributed by atoms with Gasteiger partial charge in [-0.2, -0.15) is 0 Å². The van der Waals surface area contributed by atoms with Gasteiger partial charge in [0.25, 0.3) is 0 Å². The Kier molecular flexibility index (Phi) is 7.00. The van der Waals surface area contributed by atoms with Crippen LogP contribution in [0.4, 0.5) is 0 Å². The Balaban J connectivity index is 1.10. The van der Waals surface area contributed by atoms with Crippen LogP contribution >= 0.6 is 0 Å². The average Bonchev–Trinajstić information content (AvgIpc) is 4.26. The predicted molar refractivity (Wildman–Crippen MR) is 294 cm³/mol. The van der Waals surface area contributed by atoms with Gasteiger partial charge in [0.1, 0.15) is 0 Å². The van der Waals surface area contributed by atoms with E-state index in [0.29, 0.717) is 0 Å². The number of hydrogen-bond acceptors (Lipinski definition) is 0. The standard InChI is InChI=1S/C67H39N3/c1-5-19-39(20-6-1)59-45-29-14-13-27-43(45)50-36-57-51(35-54(50)59)46-30-17-32-48-62-61(41-23-9-3-10-24-41)67-63(60(40-21-7-2-8-22-40)66(62)69(57)64(46)48)49-33-18-31-47-53-38-56-52(37-58(53)70(67)65(47)49)44-28-15-16-34-55(44)68(56)42-25-11-4-12-26-42/h1-38,59H. The van der Waals surface area contributed by atoms with Gasteiger partial charge in [0.2, 0.25) is 0 Å². The van der Waals surface area contributed by atoms with Gasteiger partial charge in [-0.05, 0) is 81.4 Å². The molecule has 0 aliphatic heterocycles. The first-order chi connectivity index (χ1) is 34.8. The van der Waals surface area contributed by atoms with E-state index in [1.165, 1.54) is 154 Å². The summed E-state index contributed by atoms with van der Waals surface area (Å²) in [4.78, 5) is 0. The maximum absolute atomic E-state index is 2.66. The summed E-state index contributed by atoms with van der Waals surface area (Å²) in [5.41, 5.74) is 22.8. The molecular weight excluding hydrogens is 847 g/mol. The minimum Gasteiger partial charge on any atom is -0.309 e. The fraction of sp³-hybridized carbons (Fsp3) is 0.0149. The normalized spacial score (nSPS) is 13.9. The van der Waals surface area contributed by atoms with Crippen LogP contribution < -0.4 is 0 Å². The van der Waals surface area contributed by atoms with Crippen LogP contribution in [0.25, 0.3) is 137 Å². The number of benzene rings is 11. The molecule has 1 aliphatic carbocycles. The largest absolute Gasteiger partial charge is 0.309 e. The van der Waals surface area contributed by atoms with Gasteiger partial charge in [0, 0.05) is 76.6 Å². The smallest absolute Gasteiger partial charge is 0.0634 e. The Bertz CT molecular complexity index is 4840. The molecule has 0 bridgehead atoms. The number of aromatic nitrogens is 3. The highest BCUT2D eigenvalue weighted by Gasteiger charge is 2.34. The van der Waals surface area contributed by atoms with Crippen LogP contribution in [0.5, 0.6) is 0 Å². The van der Waals surface area contributed by atoms with Crippen molar-refractivity contribution in [3.05, 3.63) is 247 Å². The van der Waals surface area contributed by atoms with Crippen molar-refractivity contribution in [3.8, 4) is 39.1 Å². The second kappa shape index (κ2) is 13.3. The number of rotatable bonds is 4. The molecule has 16 aromatic rings. The van der Waals surface area contributed by atoms with Gasteiger partial charge in [-0.3, -0.25) is 0 Å². The summed E-state index contributed by atoms with van der Waals surface area (Å²) in [5.74, 6) is 0.169. The maximum Gasteiger partial charge on any atom is 0.0634 e. The third kappa shape index (κ3) is 4.51. The van der Waals surface area contributed by atoms with Crippen LogP contribution in [0.1, 0.15) is 22.6 Å². The number of para-hydroxylation sites is 4. The SMILES string of the molecule is c1ccc(-c2c3c4cccc5c6cc7c(cc6n(c3c(-c3ccccc3)c3c6cccc8c9cc%10c(cc9n(c23)c86)-c2ccccc2C%10c2ccccc2)c54)c2ccccc2n7-c2ccccc2)cc1. The average molecular weight is 886 g/mol. The van der Waals surface area contributed by atoms with Crippen molar-refractivity contribution >= 4 is 98.0 Å². The van der Waals surface area contributed by atoms with Crippen LogP contribution in [0.3, 0.4) is 0 Å². The Labute approximate surface area is 401 Å². The monoisotopic (exact) mass is 885 g/mol. The highest BCUT2D eigenvalue weighted by Crippen LogP contribution is 2.56. The second-order valence-electron chi connectivity index (χ2n) is 19.5. The Hall–Kier alpha value is -9.18. The molecule has 0 spiro atoms. The number of fused-ring (bicyclic) bond motifs is 18. The van der Waals surface area contributed by atoms with Crippen molar-refractivity contribution in [2.24, 2.45) is 0 Å². The summed E-state index contributed by atoms with van der Waals surface area (Å²) in [6.45, 7) is 0. The van der Waals surface area contributed by atoms with Crippen LogP contribution in [0, 0.1) is 0 Å². The molecular formula is C67H39N3. The fourth-order valence-electron chi connectivity index (χ4n) is 13.5. The van der Waals surface area contributed by atoms with Crippen molar-refractivity contribution in [3.63, 3.8) is 0 Å². The van der Waals surface area contributed by atoms with Crippen molar-refractivity contribution in [1.29, 1.82) is 0 Å². The van der Waals surface area contributed by atoms with Crippen molar-refractivity contribution in [2.75, 3.05) is 0 Å². The van der Waals surface area contributed by atoms with Gasteiger partial charge >= 0.3 is 0 Å². The molecule has 5 heterocycles. The van der Waals surface area contributed by atoms with E-state index < -0.39 is 0 Å². The zero-order chi connectivity index (χ0) is 45.3. The lowest BCUT2D eigenvalue weighted by atomic mass is 9.88. The molecule has 17 rings (SSSR count). The predicted octanol–water partition coefficient (Wildman–Crippen LogP) is 17.6. The van der Waals surface area contributed by atoms with E-state index in [4.69, 9.17) is 0 Å². The van der Waals surface area contributed by atoms with Gasteiger partial charge in [0.15, 0.2) is 0 Å². The zero-order valence-corrected chi connectivity index (χ0v) is 37.9. The second-order valence-corrected chi connectivity index (χ2v) is 19.5. The third-order valence-corrected chi connectivity index (χ3v) is 16.1. The quantitative estimate of drug-likeness (QED) is 0.167. The fourth-order valence-corrected chi connectivity index (χ4v) is 13.5. The summed E-state index contributed by atoms with van der Waals surface area (Å²) in [6.07, 6.45) is 0. The van der Waals surface area contributed by atoms with Crippen molar-refractivity contribution < 1.29 is 0 Å². The van der Waals surface area contributed by atoms with E-state index in [9.17, 15) is 0 Å². The van der Waals surface area contributed by atoms with Crippen LogP contribution in [0.15, 0.2) is 231 Å². The minimum absolute atomic E-state index is 0.169. The molecule has 0 N–H and O–H groups in total. The molecule has 1 unspecified atom stereocenters. The lowest BCUT2D eigenvalue weighted by molar-refractivity contribution is 1.02.